The van der Waals surface area contributed by atoms with Crippen molar-refractivity contribution in [2.45, 2.75) is 25.3 Å². The summed E-state index contributed by atoms with van der Waals surface area (Å²) < 4.78 is 3.77. The zero-order chi connectivity index (χ0) is 13.6. The van der Waals surface area contributed by atoms with Crippen molar-refractivity contribution >= 4 is 11.0 Å². The molecule has 19 heavy (non-hydrogen) atoms. The van der Waals surface area contributed by atoms with Gasteiger partial charge in [0.2, 0.25) is 0 Å². The van der Waals surface area contributed by atoms with Gasteiger partial charge in [0.25, 0.3) is 0 Å². The average Bonchev–Trinajstić information content (AvgIpc) is 2.67. The van der Waals surface area contributed by atoms with Crippen LogP contribution in [0.1, 0.15) is 19.8 Å². The van der Waals surface area contributed by atoms with Crippen molar-refractivity contribution in [3.8, 4) is 0 Å². The van der Waals surface area contributed by atoms with Gasteiger partial charge in [-0.05, 0) is 38.9 Å². The van der Waals surface area contributed by atoms with Gasteiger partial charge in [-0.2, -0.15) is 0 Å². The standard InChI is InChI=1S/C15H21N3O/c1-15(8-10-16(2)11-9-15)18-13-7-5-4-6-12(13)17(3)14(18)19/h4-7H,8-11H2,1-3H3. The summed E-state index contributed by atoms with van der Waals surface area (Å²) in [6.45, 7) is 4.31. The Hall–Kier alpha value is -1.55. The fraction of sp³-hybridized carbons (Fsp3) is 0.533. The summed E-state index contributed by atoms with van der Waals surface area (Å²) in [5, 5.41) is 0. The highest BCUT2D eigenvalue weighted by Gasteiger charge is 2.33. The molecular formula is C15H21N3O. The molecule has 4 nitrogen and oxygen atoms in total. The second-order valence-corrected chi connectivity index (χ2v) is 5.97. The Kier molecular flexibility index (Phi) is 2.78. The number of likely N-dealkylation sites (tertiary alicyclic amines) is 1. The van der Waals surface area contributed by atoms with Gasteiger partial charge in [0.1, 0.15) is 0 Å². The van der Waals surface area contributed by atoms with Gasteiger partial charge in [-0.15, -0.1) is 0 Å². The van der Waals surface area contributed by atoms with Crippen LogP contribution >= 0.6 is 0 Å². The number of nitrogens with zero attached hydrogens (tertiary/aromatic N) is 3. The van der Waals surface area contributed by atoms with Crippen molar-refractivity contribution < 1.29 is 0 Å². The second-order valence-electron chi connectivity index (χ2n) is 5.97. The molecule has 0 saturated carbocycles. The number of aromatic nitrogens is 2. The van der Waals surface area contributed by atoms with Crippen molar-refractivity contribution in [3.05, 3.63) is 34.7 Å². The molecule has 1 fully saturated rings. The third kappa shape index (κ3) is 1.82. The van der Waals surface area contributed by atoms with E-state index in [9.17, 15) is 4.79 Å². The zero-order valence-corrected chi connectivity index (χ0v) is 11.9. The van der Waals surface area contributed by atoms with Gasteiger partial charge < -0.3 is 4.90 Å². The van der Waals surface area contributed by atoms with Gasteiger partial charge in [-0.3, -0.25) is 9.13 Å². The summed E-state index contributed by atoms with van der Waals surface area (Å²) in [5.74, 6) is 0. The molecule has 0 spiro atoms. The molecule has 1 aliphatic rings. The summed E-state index contributed by atoms with van der Waals surface area (Å²) >= 11 is 0. The van der Waals surface area contributed by atoms with Crippen LogP contribution in [-0.4, -0.2) is 34.2 Å². The molecule has 0 N–H and O–H groups in total. The highest BCUT2D eigenvalue weighted by Crippen LogP contribution is 2.31. The van der Waals surface area contributed by atoms with Crippen LogP contribution in [0.2, 0.25) is 0 Å². The Bertz CT molecular complexity index is 660. The topological polar surface area (TPSA) is 30.2 Å². The van der Waals surface area contributed by atoms with E-state index in [1.165, 1.54) is 0 Å². The first kappa shape index (κ1) is 12.5. The smallest absolute Gasteiger partial charge is 0.306 e. The highest BCUT2D eigenvalue weighted by atomic mass is 16.1. The quantitative estimate of drug-likeness (QED) is 0.781. The average molecular weight is 259 g/mol. The third-order valence-corrected chi connectivity index (χ3v) is 4.57. The molecule has 0 amide bonds. The molecule has 0 radical (unpaired) electrons. The van der Waals surface area contributed by atoms with Crippen molar-refractivity contribution in [2.24, 2.45) is 7.05 Å². The first-order valence-corrected chi connectivity index (χ1v) is 6.88. The molecule has 0 aliphatic carbocycles. The summed E-state index contributed by atoms with van der Waals surface area (Å²) in [6.07, 6.45) is 2.05. The predicted octanol–water partition coefficient (Wildman–Crippen LogP) is 1.78. The largest absolute Gasteiger partial charge is 0.329 e. The zero-order valence-electron chi connectivity index (χ0n) is 11.9. The van der Waals surface area contributed by atoms with Gasteiger partial charge in [-0.1, -0.05) is 12.1 Å². The maximum Gasteiger partial charge on any atom is 0.329 e. The normalized spacial score (nSPS) is 19.9. The van der Waals surface area contributed by atoms with E-state index in [1.54, 1.807) is 4.57 Å². The molecule has 0 unspecified atom stereocenters. The Balaban J connectivity index is 2.20. The fourth-order valence-electron chi connectivity index (χ4n) is 3.14. The number of hydrogen-bond acceptors (Lipinski definition) is 2. The minimum atomic E-state index is -0.0650. The van der Waals surface area contributed by atoms with E-state index in [2.05, 4.69) is 24.9 Å². The first-order valence-electron chi connectivity index (χ1n) is 6.88. The first-order chi connectivity index (χ1) is 9.03. The van der Waals surface area contributed by atoms with E-state index in [0.717, 1.165) is 37.0 Å². The molecule has 0 atom stereocenters. The summed E-state index contributed by atoms with van der Waals surface area (Å²) in [6, 6.07) is 8.07. The lowest BCUT2D eigenvalue weighted by molar-refractivity contribution is 0.145. The Morgan fingerprint density at radius 3 is 2.26 bits per heavy atom. The maximum absolute atomic E-state index is 12.6. The number of para-hydroxylation sites is 2. The molecule has 2 aromatic rings. The fourth-order valence-corrected chi connectivity index (χ4v) is 3.14. The van der Waals surface area contributed by atoms with E-state index in [0.29, 0.717) is 0 Å². The van der Waals surface area contributed by atoms with E-state index in [1.807, 2.05) is 29.8 Å². The number of imidazole rings is 1. The molecule has 2 heterocycles. The van der Waals surface area contributed by atoms with Gasteiger partial charge in [-0.25, -0.2) is 4.79 Å². The minimum Gasteiger partial charge on any atom is -0.306 e. The number of benzene rings is 1. The van der Waals surface area contributed by atoms with Crippen LogP contribution in [0.5, 0.6) is 0 Å². The van der Waals surface area contributed by atoms with E-state index in [4.69, 9.17) is 0 Å². The van der Waals surface area contributed by atoms with Crippen molar-refractivity contribution in [1.82, 2.24) is 14.0 Å². The molecule has 1 aromatic carbocycles. The summed E-state index contributed by atoms with van der Waals surface area (Å²) in [5.41, 5.74) is 2.12. The lowest BCUT2D eigenvalue weighted by Gasteiger charge is -2.38. The predicted molar refractivity (Wildman–Crippen MR) is 77.6 cm³/mol. The number of aryl methyl sites for hydroxylation is 1. The van der Waals surface area contributed by atoms with Gasteiger partial charge in [0.15, 0.2) is 0 Å². The van der Waals surface area contributed by atoms with E-state index in [-0.39, 0.29) is 11.2 Å². The van der Waals surface area contributed by atoms with Crippen LogP contribution in [0, 0.1) is 0 Å². The molecule has 1 aliphatic heterocycles. The molecule has 1 aromatic heterocycles. The molecule has 4 heteroatoms. The number of hydrogen-bond donors (Lipinski definition) is 0. The number of piperidine rings is 1. The summed E-state index contributed by atoms with van der Waals surface area (Å²) in [4.78, 5) is 14.9. The Labute approximate surface area is 113 Å². The van der Waals surface area contributed by atoms with Crippen LogP contribution in [0.25, 0.3) is 11.0 Å². The summed E-state index contributed by atoms with van der Waals surface area (Å²) in [7, 11) is 4.00. The maximum atomic E-state index is 12.6. The van der Waals surface area contributed by atoms with E-state index >= 15 is 0 Å². The van der Waals surface area contributed by atoms with Crippen LogP contribution in [0.15, 0.2) is 29.1 Å². The number of fused-ring (bicyclic) bond motifs is 1. The lowest BCUT2D eigenvalue weighted by Crippen LogP contribution is -2.46. The monoisotopic (exact) mass is 259 g/mol. The van der Waals surface area contributed by atoms with Crippen molar-refractivity contribution in [3.63, 3.8) is 0 Å². The SMILES string of the molecule is CN1CCC(C)(n2c(=O)n(C)c3ccccc32)CC1. The Morgan fingerprint density at radius 1 is 1.05 bits per heavy atom. The van der Waals surface area contributed by atoms with E-state index < -0.39 is 0 Å². The van der Waals surface area contributed by atoms with Crippen LogP contribution < -0.4 is 5.69 Å². The lowest BCUT2D eigenvalue weighted by atomic mass is 9.89. The molecule has 3 rings (SSSR count). The van der Waals surface area contributed by atoms with Crippen LogP contribution in [-0.2, 0) is 12.6 Å². The van der Waals surface area contributed by atoms with Gasteiger partial charge in [0, 0.05) is 25.7 Å². The van der Waals surface area contributed by atoms with Gasteiger partial charge >= 0.3 is 5.69 Å². The minimum absolute atomic E-state index is 0.0650. The molecule has 0 bridgehead atoms. The second kappa shape index (κ2) is 4.23. The van der Waals surface area contributed by atoms with Crippen molar-refractivity contribution in [1.29, 1.82) is 0 Å². The third-order valence-electron chi connectivity index (χ3n) is 4.57. The Morgan fingerprint density at radius 2 is 1.63 bits per heavy atom. The van der Waals surface area contributed by atoms with Crippen LogP contribution in [0.3, 0.4) is 0 Å². The molecular weight excluding hydrogens is 238 g/mol. The van der Waals surface area contributed by atoms with Gasteiger partial charge in [0.05, 0.1) is 11.0 Å². The molecule has 102 valence electrons. The molecule has 1 saturated heterocycles. The van der Waals surface area contributed by atoms with Crippen molar-refractivity contribution in [2.75, 3.05) is 20.1 Å². The number of rotatable bonds is 1. The highest BCUT2D eigenvalue weighted by molar-refractivity contribution is 5.76. The van der Waals surface area contributed by atoms with Crippen LogP contribution in [0.4, 0.5) is 0 Å².